The third kappa shape index (κ3) is 3.49. The molecule has 0 unspecified atom stereocenters. The first kappa shape index (κ1) is 23.7. The number of hydrogen-bond donors (Lipinski definition) is 3. The van der Waals surface area contributed by atoms with Crippen molar-refractivity contribution in [2.24, 2.45) is 5.92 Å². The van der Waals surface area contributed by atoms with Crippen LogP contribution in [-0.2, 0) is 21.3 Å². The summed E-state index contributed by atoms with van der Waals surface area (Å²) in [5, 5.41) is 24.3. The summed E-state index contributed by atoms with van der Waals surface area (Å²) < 4.78 is 40.1. The quantitative estimate of drug-likeness (QED) is 0.399. The van der Waals surface area contributed by atoms with Gasteiger partial charge in [-0.15, -0.1) is 0 Å². The molecule has 1 fully saturated rings. The Morgan fingerprint density at radius 3 is 2.44 bits per heavy atom. The van der Waals surface area contributed by atoms with Crippen molar-refractivity contribution in [3.63, 3.8) is 0 Å². The fourth-order valence-corrected chi connectivity index (χ4v) is 6.56. The maximum atomic E-state index is 12.3. The molecule has 3 N–H and O–H groups in total. The first-order valence-corrected chi connectivity index (χ1v) is 13.4. The van der Waals surface area contributed by atoms with Crippen molar-refractivity contribution < 1.29 is 27.9 Å². The van der Waals surface area contributed by atoms with Gasteiger partial charge in [-0.05, 0) is 29.7 Å². The number of ether oxygens (including phenoxy) is 1. The lowest BCUT2D eigenvalue weighted by molar-refractivity contribution is -0.153. The van der Waals surface area contributed by atoms with E-state index in [2.05, 4.69) is 20.9 Å². The van der Waals surface area contributed by atoms with Crippen LogP contribution in [0.1, 0.15) is 29.2 Å². The molecule has 5 atom stereocenters. The van der Waals surface area contributed by atoms with Gasteiger partial charge in [0.1, 0.15) is 11.4 Å². The van der Waals surface area contributed by atoms with Crippen molar-refractivity contribution >= 4 is 37.6 Å². The minimum atomic E-state index is -4.31. The summed E-state index contributed by atoms with van der Waals surface area (Å²) in [5.74, 6) is -1.81. The molecule has 5 rings (SSSR count). The Labute approximate surface area is 210 Å². The van der Waals surface area contributed by atoms with Crippen LogP contribution in [0.25, 0.3) is 0 Å². The predicted molar refractivity (Wildman–Crippen MR) is 129 cm³/mol. The predicted octanol–water partition coefficient (Wildman–Crippen LogP) is 4.03. The van der Waals surface area contributed by atoms with Crippen LogP contribution in [0.4, 0.5) is 0 Å². The van der Waals surface area contributed by atoms with Crippen LogP contribution in [0.15, 0.2) is 71.3 Å². The van der Waals surface area contributed by atoms with Crippen molar-refractivity contribution in [3.8, 4) is 5.75 Å². The fourth-order valence-electron chi connectivity index (χ4n) is 5.57. The summed E-state index contributed by atoms with van der Waals surface area (Å²) in [6, 6.07) is 17.9. The van der Waals surface area contributed by atoms with Gasteiger partial charge in [-0.1, -0.05) is 70.0 Å². The first-order valence-electron chi connectivity index (χ1n) is 10.6. The van der Waals surface area contributed by atoms with Crippen molar-refractivity contribution in [1.29, 1.82) is 0 Å². The maximum Gasteiger partial charge on any atom is 0.264 e. The fraction of sp³-hybridized carbons (Fsp3) is 0.292. The molecule has 10 heteroatoms. The molecule has 0 saturated heterocycles. The highest BCUT2D eigenvalue weighted by Crippen LogP contribution is 2.68. The third-order valence-electron chi connectivity index (χ3n) is 6.86. The monoisotopic (exact) mass is 565 g/mol. The van der Waals surface area contributed by atoms with Crippen LogP contribution in [0, 0.1) is 5.92 Å². The molecule has 1 aliphatic heterocycles. The molecular weight excluding hydrogens is 546 g/mol. The molecule has 0 radical (unpaired) electrons. The number of halogens is 2. The molecule has 3 aromatic rings. The Hall–Kier alpha value is -2.01. The van der Waals surface area contributed by atoms with Gasteiger partial charge < -0.3 is 14.9 Å². The van der Waals surface area contributed by atoms with Crippen LogP contribution in [0.2, 0.25) is 5.02 Å². The summed E-state index contributed by atoms with van der Waals surface area (Å²) in [5.41, 5.74) is -2.12. The lowest BCUT2D eigenvalue weighted by Gasteiger charge is -2.40. The molecule has 34 heavy (non-hydrogen) atoms. The molecule has 0 bridgehead atoms. The molecule has 2 heterocycles. The molecule has 2 aromatic carbocycles. The summed E-state index contributed by atoms with van der Waals surface area (Å²) in [7, 11) is -4.31. The van der Waals surface area contributed by atoms with Gasteiger partial charge in [0.25, 0.3) is 10.1 Å². The third-order valence-corrected chi connectivity index (χ3v) is 8.35. The van der Waals surface area contributed by atoms with Crippen LogP contribution in [-0.4, -0.2) is 40.0 Å². The van der Waals surface area contributed by atoms with Crippen molar-refractivity contribution in [2.45, 2.75) is 29.6 Å². The SMILES string of the molecule is O=S(=O)(O)CC[C@@H]1[C@@H](O)[C@@]2(O)c3ncc(Cl)cc3O[C@@]2(c2ccc(Br)cc2)[C@@H]1c1ccccc1. The number of nitrogens with zero attached hydrogens (tertiary/aromatic N) is 1. The Morgan fingerprint density at radius 2 is 1.79 bits per heavy atom. The topological polar surface area (TPSA) is 117 Å². The minimum Gasteiger partial charge on any atom is -0.476 e. The van der Waals surface area contributed by atoms with E-state index in [1.165, 1.54) is 6.20 Å². The number of aromatic nitrogens is 1. The number of fused-ring (bicyclic) bond motifs is 3. The zero-order valence-corrected chi connectivity index (χ0v) is 20.8. The number of hydrogen-bond acceptors (Lipinski definition) is 6. The molecule has 7 nitrogen and oxygen atoms in total. The Kier molecular flexibility index (Phi) is 5.78. The normalized spacial score (nSPS) is 30.0. The maximum absolute atomic E-state index is 12.3. The Bertz CT molecular complexity index is 1340. The standard InChI is InChI=1S/C24H21BrClNO6S/c25-16-8-6-15(7-9-16)24-20(14-4-2-1-3-5-14)18(10-11-34(30,31)32)22(28)23(24,29)21-19(33-24)12-17(26)13-27-21/h1-9,12-13,18,20,22,28-29H,10-11H2,(H,30,31,32)/t18-,20+,22+,23-,24-/m0/s1. The average molecular weight is 567 g/mol. The van der Waals surface area contributed by atoms with E-state index < -0.39 is 45.0 Å². The highest BCUT2D eigenvalue weighted by Gasteiger charge is 2.76. The molecule has 0 amide bonds. The molecule has 0 spiro atoms. The highest BCUT2D eigenvalue weighted by molar-refractivity contribution is 9.10. The molecule has 1 aliphatic carbocycles. The van der Waals surface area contributed by atoms with Gasteiger partial charge in [0.05, 0.1) is 16.9 Å². The summed E-state index contributed by atoms with van der Waals surface area (Å²) in [6.07, 6.45) is -0.195. The molecule has 1 saturated carbocycles. The summed E-state index contributed by atoms with van der Waals surface area (Å²) >= 11 is 9.60. The second kappa shape index (κ2) is 8.29. The second-order valence-electron chi connectivity index (χ2n) is 8.68. The second-order valence-corrected chi connectivity index (χ2v) is 11.6. The van der Waals surface area contributed by atoms with Gasteiger partial charge in [-0.3, -0.25) is 9.54 Å². The van der Waals surface area contributed by atoms with Crippen molar-refractivity contribution in [2.75, 3.05) is 5.75 Å². The van der Waals surface area contributed by atoms with Crippen molar-refractivity contribution in [3.05, 3.63) is 93.2 Å². The summed E-state index contributed by atoms with van der Waals surface area (Å²) in [4.78, 5) is 4.34. The molecule has 178 valence electrons. The van der Waals surface area contributed by atoms with Crippen LogP contribution in [0.3, 0.4) is 0 Å². The van der Waals surface area contributed by atoms with E-state index >= 15 is 0 Å². The number of rotatable bonds is 5. The molecular formula is C24H21BrClNO6S. The lowest BCUT2D eigenvalue weighted by atomic mass is 9.71. The van der Waals surface area contributed by atoms with Gasteiger partial charge in [0, 0.05) is 28.6 Å². The van der Waals surface area contributed by atoms with E-state index in [4.69, 9.17) is 16.3 Å². The smallest absolute Gasteiger partial charge is 0.264 e. The number of aliphatic hydroxyl groups excluding tert-OH is 1. The van der Waals surface area contributed by atoms with Crippen molar-refractivity contribution in [1.82, 2.24) is 4.98 Å². The molecule has 1 aromatic heterocycles. The van der Waals surface area contributed by atoms with E-state index in [9.17, 15) is 23.2 Å². The number of aliphatic hydroxyl groups is 2. The van der Waals surface area contributed by atoms with E-state index in [0.717, 1.165) is 10.0 Å². The van der Waals surface area contributed by atoms with Gasteiger partial charge in [-0.2, -0.15) is 8.42 Å². The summed E-state index contributed by atoms with van der Waals surface area (Å²) in [6.45, 7) is 0. The van der Waals surface area contributed by atoms with Gasteiger partial charge in [0.15, 0.2) is 11.2 Å². The van der Waals surface area contributed by atoms with Crippen LogP contribution >= 0.6 is 27.5 Å². The highest BCUT2D eigenvalue weighted by atomic mass is 79.9. The average Bonchev–Trinajstić information content (AvgIpc) is 3.15. The largest absolute Gasteiger partial charge is 0.476 e. The van der Waals surface area contributed by atoms with Crippen LogP contribution < -0.4 is 4.74 Å². The van der Waals surface area contributed by atoms with E-state index in [-0.39, 0.29) is 17.9 Å². The first-order chi connectivity index (χ1) is 16.1. The van der Waals surface area contributed by atoms with E-state index in [0.29, 0.717) is 10.6 Å². The van der Waals surface area contributed by atoms with Gasteiger partial charge >= 0.3 is 0 Å². The zero-order chi connectivity index (χ0) is 24.3. The Morgan fingerprint density at radius 1 is 1.12 bits per heavy atom. The van der Waals surface area contributed by atoms with Crippen LogP contribution in [0.5, 0.6) is 5.75 Å². The van der Waals surface area contributed by atoms with Gasteiger partial charge in [0.2, 0.25) is 0 Å². The van der Waals surface area contributed by atoms with E-state index in [1.807, 2.05) is 30.3 Å². The number of benzene rings is 2. The van der Waals surface area contributed by atoms with Gasteiger partial charge in [-0.25, -0.2) is 0 Å². The Balaban J connectivity index is 1.80. The lowest BCUT2D eigenvalue weighted by Crippen LogP contribution is -2.52. The minimum absolute atomic E-state index is 0.105. The van der Waals surface area contributed by atoms with E-state index in [1.54, 1.807) is 30.3 Å². The zero-order valence-electron chi connectivity index (χ0n) is 17.7. The molecule has 2 aliphatic rings. The number of pyridine rings is 1.